The van der Waals surface area contributed by atoms with E-state index in [1.807, 2.05) is 38.2 Å². The Labute approximate surface area is 178 Å². The third-order valence-corrected chi connectivity index (χ3v) is 6.42. The van der Waals surface area contributed by atoms with Crippen LogP contribution in [0.15, 0.2) is 58.3 Å². The van der Waals surface area contributed by atoms with Gasteiger partial charge in [0.15, 0.2) is 0 Å². The molecule has 2 aromatic heterocycles. The zero-order valence-electron chi connectivity index (χ0n) is 18.0. The van der Waals surface area contributed by atoms with Crippen LogP contribution in [0.25, 0.3) is 21.8 Å². The SMILES string of the molecule is CCC(C)(C(=O)O)n1c(=O)c2ccccc2n(C(C)c2c[nH]c3cccc(C)c23)c1=O. The number of fused-ring (bicyclic) bond motifs is 2. The van der Waals surface area contributed by atoms with Gasteiger partial charge < -0.3 is 10.1 Å². The topological polar surface area (TPSA) is 97.1 Å². The van der Waals surface area contributed by atoms with Gasteiger partial charge in [-0.05, 0) is 51.0 Å². The number of hydrogen-bond acceptors (Lipinski definition) is 3. The Morgan fingerprint density at radius 1 is 1.16 bits per heavy atom. The lowest BCUT2D eigenvalue weighted by atomic mass is 9.98. The van der Waals surface area contributed by atoms with Gasteiger partial charge >= 0.3 is 11.7 Å². The summed E-state index contributed by atoms with van der Waals surface area (Å²) in [6, 6.07) is 12.4. The fourth-order valence-electron chi connectivity index (χ4n) is 4.36. The van der Waals surface area contributed by atoms with Crippen molar-refractivity contribution in [3.05, 3.63) is 80.6 Å². The first kappa shape index (κ1) is 20.7. The molecule has 4 aromatic rings. The number of aryl methyl sites for hydroxylation is 1. The molecule has 0 aliphatic heterocycles. The predicted octanol–water partition coefficient (Wildman–Crippen LogP) is 3.77. The molecule has 0 saturated carbocycles. The molecule has 7 heteroatoms. The molecular formula is C24H25N3O4. The maximum Gasteiger partial charge on any atom is 0.333 e. The summed E-state index contributed by atoms with van der Waals surface area (Å²) in [5, 5.41) is 11.2. The van der Waals surface area contributed by atoms with Gasteiger partial charge in [-0.2, -0.15) is 0 Å². The summed E-state index contributed by atoms with van der Waals surface area (Å²) in [5.74, 6) is -1.22. The van der Waals surface area contributed by atoms with E-state index < -0.39 is 28.8 Å². The number of benzene rings is 2. The molecule has 2 aromatic carbocycles. The Morgan fingerprint density at radius 2 is 1.87 bits per heavy atom. The summed E-state index contributed by atoms with van der Waals surface area (Å²) >= 11 is 0. The molecule has 0 aliphatic carbocycles. The van der Waals surface area contributed by atoms with Crippen LogP contribution in [0.1, 0.15) is 44.4 Å². The molecule has 0 amide bonds. The van der Waals surface area contributed by atoms with Crippen LogP contribution in [0.5, 0.6) is 0 Å². The van der Waals surface area contributed by atoms with Crippen molar-refractivity contribution >= 4 is 27.8 Å². The number of hydrogen-bond donors (Lipinski definition) is 2. The molecule has 0 saturated heterocycles. The highest BCUT2D eigenvalue weighted by molar-refractivity contribution is 5.87. The summed E-state index contributed by atoms with van der Waals surface area (Å²) < 4.78 is 2.43. The Balaban J connectivity index is 2.12. The van der Waals surface area contributed by atoms with Gasteiger partial charge in [-0.15, -0.1) is 0 Å². The number of aromatic nitrogens is 3. The van der Waals surface area contributed by atoms with Gasteiger partial charge in [0.2, 0.25) is 0 Å². The van der Waals surface area contributed by atoms with Crippen LogP contribution in [0, 0.1) is 6.92 Å². The summed E-state index contributed by atoms with van der Waals surface area (Å²) in [6.45, 7) is 6.97. The minimum Gasteiger partial charge on any atom is -0.479 e. The fourth-order valence-corrected chi connectivity index (χ4v) is 4.36. The average Bonchev–Trinajstić information content (AvgIpc) is 3.19. The summed E-state index contributed by atoms with van der Waals surface area (Å²) in [7, 11) is 0. The van der Waals surface area contributed by atoms with E-state index in [4.69, 9.17) is 0 Å². The average molecular weight is 419 g/mol. The van der Waals surface area contributed by atoms with E-state index in [-0.39, 0.29) is 6.42 Å². The number of para-hydroxylation sites is 1. The number of carboxylic acid groups (broad SMARTS) is 1. The molecule has 7 nitrogen and oxygen atoms in total. The lowest BCUT2D eigenvalue weighted by Gasteiger charge is -2.28. The normalized spacial score (nSPS) is 14.6. The van der Waals surface area contributed by atoms with Crippen LogP contribution >= 0.6 is 0 Å². The summed E-state index contributed by atoms with van der Waals surface area (Å²) in [5.41, 5.74) is 0.520. The van der Waals surface area contributed by atoms with Crippen molar-refractivity contribution in [1.82, 2.24) is 14.1 Å². The highest BCUT2D eigenvalue weighted by Crippen LogP contribution is 2.30. The number of carbonyl (C=O) groups is 1. The Bertz CT molecular complexity index is 1440. The second-order valence-electron chi connectivity index (χ2n) is 8.16. The maximum absolute atomic E-state index is 13.7. The molecule has 2 heterocycles. The van der Waals surface area contributed by atoms with Crippen LogP contribution < -0.4 is 11.2 Å². The summed E-state index contributed by atoms with van der Waals surface area (Å²) in [6.07, 6.45) is 1.96. The number of rotatable bonds is 5. The third kappa shape index (κ3) is 2.91. The maximum atomic E-state index is 13.7. The fraction of sp³-hybridized carbons (Fsp3) is 0.292. The van der Waals surface area contributed by atoms with E-state index in [9.17, 15) is 19.5 Å². The quantitative estimate of drug-likeness (QED) is 0.515. The Morgan fingerprint density at radius 3 is 2.55 bits per heavy atom. The molecule has 4 rings (SSSR count). The molecule has 0 bridgehead atoms. The van der Waals surface area contributed by atoms with Crippen LogP contribution in [0.4, 0.5) is 0 Å². The third-order valence-electron chi connectivity index (χ3n) is 6.42. The number of nitrogens with zero attached hydrogens (tertiary/aromatic N) is 2. The first-order chi connectivity index (χ1) is 14.7. The van der Waals surface area contributed by atoms with Gasteiger partial charge in [0.05, 0.1) is 16.9 Å². The highest BCUT2D eigenvalue weighted by atomic mass is 16.4. The van der Waals surface area contributed by atoms with Crippen molar-refractivity contribution in [2.24, 2.45) is 0 Å². The molecule has 31 heavy (non-hydrogen) atoms. The molecule has 0 spiro atoms. The zero-order chi connectivity index (χ0) is 22.5. The molecule has 2 N–H and O–H groups in total. The molecule has 0 fully saturated rings. The van der Waals surface area contributed by atoms with Gasteiger partial charge in [-0.1, -0.05) is 31.2 Å². The number of nitrogens with one attached hydrogen (secondary N) is 1. The molecular weight excluding hydrogens is 394 g/mol. The van der Waals surface area contributed by atoms with Crippen molar-refractivity contribution in [3.63, 3.8) is 0 Å². The van der Waals surface area contributed by atoms with Gasteiger partial charge in [0, 0.05) is 22.7 Å². The van der Waals surface area contributed by atoms with E-state index in [1.165, 1.54) is 11.5 Å². The Kier molecular flexibility index (Phi) is 4.84. The molecule has 0 radical (unpaired) electrons. The highest BCUT2D eigenvalue weighted by Gasteiger charge is 2.38. The van der Waals surface area contributed by atoms with Crippen molar-refractivity contribution in [3.8, 4) is 0 Å². The largest absolute Gasteiger partial charge is 0.479 e. The smallest absolute Gasteiger partial charge is 0.333 e. The van der Waals surface area contributed by atoms with Crippen LogP contribution in [0.3, 0.4) is 0 Å². The summed E-state index contributed by atoms with van der Waals surface area (Å²) in [4.78, 5) is 42.4. The number of carboxylic acids is 1. The standard InChI is InChI=1S/C24H25N3O4/c1-5-24(4,22(29)30)27-21(28)16-10-6-7-12-19(16)26(23(27)31)15(3)17-13-25-18-11-8-9-14(2)20(17)18/h6-13,15,25H,5H2,1-4H3,(H,29,30). The van der Waals surface area contributed by atoms with Crippen LogP contribution in [-0.4, -0.2) is 25.2 Å². The second kappa shape index (κ2) is 7.27. The predicted molar refractivity (Wildman–Crippen MR) is 121 cm³/mol. The molecule has 2 unspecified atom stereocenters. The van der Waals surface area contributed by atoms with Crippen molar-refractivity contribution in [2.45, 2.75) is 45.7 Å². The van der Waals surface area contributed by atoms with E-state index in [0.29, 0.717) is 10.9 Å². The molecule has 2 atom stereocenters. The van der Waals surface area contributed by atoms with E-state index in [0.717, 1.165) is 26.6 Å². The van der Waals surface area contributed by atoms with Crippen molar-refractivity contribution < 1.29 is 9.90 Å². The minimum absolute atomic E-state index is 0.0936. The van der Waals surface area contributed by atoms with Gasteiger partial charge in [-0.25, -0.2) is 14.2 Å². The van der Waals surface area contributed by atoms with Crippen molar-refractivity contribution in [1.29, 1.82) is 0 Å². The Hall–Kier alpha value is -3.61. The van der Waals surface area contributed by atoms with E-state index >= 15 is 0 Å². The monoisotopic (exact) mass is 419 g/mol. The van der Waals surface area contributed by atoms with Gasteiger partial charge in [0.25, 0.3) is 5.56 Å². The minimum atomic E-state index is -1.66. The molecule has 160 valence electrons. The number of H-pyrrole nitrogens is 1. The first-order valence-electron chi connectivity index (χ1n) is 10.3. The number of aliphatic carboxylic acids is 1. The van der Waals surface area contributed by atoms with Crippen LogP contribution in [0.2, 0.25) is 0 Å². The number of aromatic amines is 1. The second-order valence-corrected chi connectivity index (χ2v) is 8.16. The van der Waals surface area contributed by atoms with E-state index in [2.05, 4.69) is 4.98 Å². The van der Waals surface area contributed by atoms with Gasteiger partial charge in [0.1, 0.15) is 5.54 Å². The zero-order valence-corrected chi connectivity index (χ0v) is 18.0. The molecule has 0 aliphatic rings. The van der Waals surface area contributed by atoms with Gasteiger partial charge in [-0.3, -0.25) is 9.36 Å². The lowest BCUT2D eigenvalue weighted by Crippen LogP contribution is -2.54. The van der Waals surface area contributed by atoms with Crippen LogP contribution in [-0.2, 0) is 10.3 Å². The first-order valence-corrected chi connectivity index (χ1v) is 10.3. The lowest BCUT2D eigenvalue weighted by molar-refractivity contribution is -0.147. The van der Waals surface area contributed by atoms with Crippen molar-refractivity contribution in [2.75, 3.05) is 0 Å². The van der Waals surface area contributed by atoms with E-state index in [1.54, 1.807) is 31.2 Å².